The molecule has 0 spiro atoms. The van der Waals surface area contributed by atoms with E-state index in [1.165, 1.54) is 9.08 Å². The van der Waals surface area contributed by atoms with Crippen molar-refractivity contribution >= 4 is 17.2 Å². The Labute approximate surface area is 144 Å². The average Bonchev–Trinajstić information content (AvgIpc) is 3.20. The van der Waals surface area contributed by atoms with Crippen LogP contribution in [0, 0.1) is 0 Å². The van der Waals surface area contributed by atoms with Gasteiger partial charge in [0.2, 0.25) is 5.91 Å². The molecule has 128 valence electrons. The van der Waals surface area contributed by atoms with Gasteiger partial charge >= 0.3 is 5.69 Å². The first-order valence-electron chi connectivity index (χ1n) is 8.36. The zero-order chi connectivity index (χ0) is 17.2. The third-order valence-electron chi connectivity index (χ3n) is 4.51. The largest absolute Gasteiger partial charge is 0.383 e. The van der Waals surface area contributed by atoms with E-state index in [1.54, 1.807) is 6.20 Å². The van der Waals surface area contributed by atoms with E-state index in [0.717, 1.165) is 11.3 Å². The molecule has 0 radical (unpaired) electrons. The number of rotatable bonds is 5. The molecule has 3 aromatic rings. The second-order valence-corrected chi connectivity index (χ2v) is 6.15. The lowest BCUT2D eigenvalue weighted by Gasteiger charge is -2.15. The maximum absolute atomic E-state index is 12.3. The van der Waals surface area contributed by atoms with Gasteiger partial charge in [0.1, 0.15) is 0 Å². The predicted octanol–water partition coefficient (Wildman–Crippen LogP) is 1.21. The summed E-state index contributed by atoms with van der Waals surface area (Å²) in [6.07, 6.45) is 2.23. The molecule has 1 aromatic carbocycles. The summed E-state index contributed by atoms with van der Waals surface area (Å²) in [5.41, 5.74) is 2.63. The Morgan fingerprint density at radius 1 is 1.16 bits per heavy atom. The van der Waals surface area contributed by atoms with Crippen LogP contribution in [0.4, 0.5) is 5.69 Å². The first-order chi connectivity index (χ1) is 12.2. The number of carbonyl (C=O) groups is 1. The Bertz CT molecular complexity index is 975. The van der Waals surface area contributed by atoms with E-state index in [9.17, 15) is 9.59 Å². The first kappa shape index (κ1) is 15.4. The third kappa shape index (κ3) is 3.00. The van der Waals surface area contributed by atoms with Gasteiger partial charge in [-0.1, -0.05) is 24.3 Å². The summed E-state index contributed by atoms with van der Waals surface area (Å²) in [7, 11) is 0. The molecule has 1 fully saturated rings. The molecule has 1 saturated heterocycles. The van der Waals surface area contributed by atoms with Crippen molar-refractivity contribution < 1.29 is 4.79 Å². The van der Waals surface area contributed by atoms with Gasteiger partial charge in [0.15, 0.2) is 5.65 Å². The summed E-state index contributed by atoms with van der Waals surface area (Å²) in [6.45, 7) is 1.72. The van der Waals surface area contributed by atoms with E-state index in [0.29, 0.717) is 31.7 Å². The van der Waals surface area contributed by atoms with Gasteiger partial charge in [-0.3, -0.25) is 9.20 Å². The van der Waals surface area contributed by atoms with Gasteiger partial charge in [0, 0.05) is 37.3 Å². The fourth-order valence-electron chi connectivity index (χ4n) is 3.25. The minimum absolute atomic E-state index is 0.0936. The SMILES string of the molecule is O=C1CC(c2ccccc2NCCn2nc3ccccn3c2=O)CN1. The number of fused-ring (bicyclic) bond motifs is 1. The summed E-state index contributed by atoms with van der Waals surface area (Å²) < 4.78 is 3.00. The minimum Gasteiger partial charge on any atom is -0.383 e. The molecule has 7 heteroatoms. The van der Waals surface area contributed by atoms with Crippen molar-refractivity contribution in [1.29, 1.82) is 0 Å². The molecular weight excluding hydrogens is 318 g/mol. The number of nitrogens with one attached hydrogen (secondary N) is 2. The lowest BCUT2D eigenvalue weighted by atomic mass is 9.96. The van der Waals surface area contributed by atoms with E-state index in [1.807, 2.05) is 42.5 Å². The number of aromatic nitrogens is 3. The Kier molecular flexibility index (Phi) is 3.97. The van der Waals surface area contributed by atoms with Crippen LogP contribution in [0.1, 0.15) is 17.9 Å². The highest BCUT2D eigenvalue weighted by molar-refractivity contribution is 5.80. The van der Waals surface area contributed by atoms with Crippen molar-refractivity contribution in [2.24, 2.45) is 0 Å². The second kappa shape index (κ2) is 6.43. The monoisotopic (exact) mass is 337 g/mol. The fraction of sp³-hybridized carbons (Fsp3) is 0.278. The second-order valence-electron chi connectivity index (χ2n) is 6.15. The smallest absolute Gasteiger partial charge is 0.350 e. The van der Waals surface area contributed by atoms with Crippen LogP contribution in [-0.4, -0.2) is 33.2 Å². The number of anilines is 1. The van der Waals surface area contributed by atoms with E-state index in [4.69, 9.17) is 0 Å². The van der Waals surface area contributed by atoms with E-state index in [-0.39, 0.29) is 17.5 Å². The highest BCUT2D eigenvalue weighted by Gasteiger charge is 2.24. The molecule has 1 atom stereocenters. The molecule has 4 rings (SSSR count). The molecule has 7 nitrogen and oxygen atoms in total. The number of carbonyl (C=O) groups excluding carboxylic acids is 1. The topological polar surface area (TPSA) is 80.4 Å². The Hall–Kier alpha value is -3.09. The summed E-state index contributed by atoms with van der Waals surface area (Å²) in [5, 5.41) is 10.6. The highest BCUT2D eigenvalue weighted by atomic mass is 16.2. The standard InChI is InChI=1S/C18H19N5O2/c24-17-11-13(12-20-17)14-5-1-2-6-15(14)19-8-10-23-18(25)22-9-4-3-7-16(22)21-23/h1-7,9,13,19H,8,10-12H2,(H,20,24). The van der Waals surface area contributed by atoms with Crippen LogP contribution in [0.5, 0.6) is 0 Å². The van der Waals surface area contributed by atoms with Gasteiger partial charge < -0.3 is 10.6 Å². The molecule has 1 aliphatic heterocycles. The molecule has 1 amide bonds. The quantitative estimate of drug-likeness (QED) is 0.733. The Morgan fingerprint density at radius 2 is 2.00 bits per heavy atom. The van der Waals surface area contributed by atoms with Crippen molar-refractivity contribution in [1.82, 2.24) is 19.5 Å². The van der Waals surface area contributed by atoms with Gasteiger partial charge in [-0.25, -0.2) is 9.48 Å². The molecule has 3 heterocycles. The molecule has 0 saturated carbocycles. The lowest BCUT2D eigenvalue weighted by molar-refractivity contribution is -0.119. The molecule has 1 unspecified atom stereocenters. The Balaban J connectivity index is 1.47. The Morgan fingerprint density at radius 3 is 2.80 bits per heavy atom. The van der Waals surface area contributed by atoms with Crippen LogP contribution in [0.15, 0.2) is 53.5 Å². The number of hydrogen-bond acceptors (Lipinski definition) is 4. The normalized spacial score (nSPS) is 17.0. The van der Waals surface area contributed by atoms with Crippen LogP contribution in [0.3, 0.4) is 0 Å². The molecule has 1 aliphatic rings. The van der Waals surface area contributed by atoms with Crippen molar-refractivity contribution in [3.8, 4) is 0 Å². The van der Waals surface area contributed by atoms with Gasteiger partial charge in [-0.2, -0.15) is 0 Å². The molecule has 2 N–H and O–H groups in total. The van der Waals surface area contributed by atoms with Crippen molar-refractivity contribution in [2.75, 3.05) is 18.4 Å². The fourth-order valence-corrected chi connectivity index (χ4v) is 3.25. The predicted molar refractivity (Wildman–Crippen MR) is 94.8 cm³/mol. The van der Waals surface area contributed by atoms with Gasteiger partial charge in [-0.05, 0) is 23.8 Å². The third-order valence-corrected chi connectivity index (χ3v) is 4.51. The number of para-hydroxylation sites is 1. The van der Waals surface area contributed by atoms with Gasteiger partial charge in [-0.15, -0.1) is 5.10 Å². The molecule has 25 heavy (non-hydrogen) atoms. The maximum Gasteiger partial charge on any atom is 0.350 e. The lowest BCUT2D eigenvalue weighted by Crippen LogP contribution is -2.24. The number of amides is 1. The number of benzene rings is 1. The van der Waals surface area contributed by atoms with E-state index in [2.05, 4.69) is 15.7 Å². The maximum atomic E-state index is 12.3. The molecule has 0 bridgehead atoms. The highest BCUT2D eigenvalue weighted by Crippen LogP contribution is 2.29. The van der Waals surface area contributed by atoms with E-state index >= 15 is 0 Å². The minimum atomic E-state index is -0.142. The van der Waals surface area contributed by atoms with Crippen molar-refractivity contribution in [3.05, 3.63) is 64.7 Å². The summed E-state index contributed by atoms with van der Waals surface area (Å²) >= 11 is 0. The molecule has 0 aliphatic carbocycles. The molecular formula is C18H19N5O2. The van der Waals surface area contributed by atoms with Crippen molar-refractivity contribution in [2.45, 2.75) is 18.9 Å². The number of pyridine rings is 1. The summed E-state index contributed by atoms with van der Waals surface area (Å²) in [5.74, 6) is 0.283. The number of nitrogens with zero attached hydrogens (tertiary/aromatic N) is 3. The van der Waals surface area contributed by atoms with Crippen LogP contribution in [0.2, 0.25) is 0 Å². The van der Waals surface area contributed by atoms with Crippen LogP contribution >= 0.6 is 0 Å². The van der Waals surface area contributed by atoms with E-state index < -0.39 is 0 Å². The number of hydrogen-bond donors (Lipinski definition) is 2. The zero-order valence-corrected chi connectivity index (χ0v) is 13.7. The zero-order valence-electron chi connectivity index (χ0n) is 13.7. The van der Waals surface area contributed by atoms with Crippen LogP contribution in [-0.2, 0) is 11.3 Å². The van der Waals surface area contributed by atoms with Crippen LogP contribution < -0.4 is 16.3 Å². The van der Waals surface area contributed by atoms with Crippen LogP contribution in [0.25, 0.3) is 5.65 Å². The average molecular weight is 337 g/mol. The summed E-state index contributed by atoms with van der Waals surface area (Å²) in [4.78, 5) is 23.8. The van der Waals surface area contributed by atoms with Gasteiger partial charge in [0.05, 0.1) is 6.54 Å². The van der Waals surface area contributed by atoms with Crippen molar-refractivity contribution in [3.63, 3.8) is 0 Å². The molecule has 2 aromatic heterocycles. The van der Waals surface area contributed by atoms with Gasteiger partial charge in [0.25, 0.3) is 0 Å². The summed E-state index contributed by atoms with van der Waals surface area (Å²) in [6, 6.07) is 13.5. The first-order valence-corrected chi connectivity index (χ1v) is 8.36.